The highest BCUT2D eigenvalue weighted by molar-refractivity contribution is 14.1. The maximum Gasteiger partial charge on any atom is 0.143 e. The molecule has 0 radical (unpaired) electrons. The molecule has 0 saturated heterocycles. The molecule has 0 amide bonds. The highest BCUT2D eigenvalue weighted by Crippen LogP contribution is 2.37. The van der Waals surface area contributed by atoms with Gasteiger partial charge < -0.3 is 5.32 Å². The molecule has 1 aliphatic carbocycles. The summed E-state index contributed by atoms with van der Waals surface area (Å²) < 4.78 is 1.24. The van der Waals surface area contributed by atoms with E-state index in [1.165, 1.54) is 34.9 Å². The molecule has 3 nitrogen and oxygen atoms in total. The van der Waals surface area contributed by atoms with E-state index in [-0.39, 0.29) is 0 Å². The Bertz CT molecular complexity index is 459. The Morgan fingerprint density at radius 2 is 2.00 bits per heavy atom. The smallest absolute Gasteiger partial charge is 0.143 e. The topological polar surface area (TPSA) is 37.8 Å². The predicted molar refractivity (Wildman–Crippen MR) is 101 cm³/mol. The first-order valence-electron chi connectivity index (χ1n) is 8.03. The average Bonchev–Trinajstić information content (AvgIpc) is 2.98. The zero-order chi connectivity index (χ0) is 15.2. The van der Waals surface area contributed by atoms with Crippen LogP contribution in [-0.4, -0.2) is 21.8 Å². The van der Waals surface area contributed by atoms with Gasteiger partial charge in [-0.3, -0.25) is 0 Å². The molecule has 0 unspecified atom stereocenters. The van der Waals surface area contributed by atoms with Crippen molar-refractivity contribution in [2.24, 2.45) is 0 Å². The normalized spacial score (nSPS) is 15.9. The van der Waals surface area contributed by atoms with Crippen molar-refractivity contribution in [3.63, 3.8) is 0 Å². The van der Waals surface area contributed by atoms with Crippen molar-refractivity contribution >= 4 is 40.2 Å². The molecule has 1 aromatic rings. The van der Waals surface area contributed by atoms with Gasteiger partial charge in [0.15, 0.2) is 0 Å². The molecule has 1 aromatic heterocycles. The molecule has 0 atom stereocenters. The number of thioether (sulfide) groups is 1. The van der Waals surface area contributed by atoms with Gasteiger partial charge in [0.1, 0.15) is 11.6 Å². The van der Waals surface area contributed by atoms with Crippen molar-refractivity contribution in [3.8, 4) is 0 Å². The maximum atomic E-state index is 4.92. The standard InChI is InChI=1S/C16H26IN3S/c1-4-9-18-16-14(17)15(12-7-5-6-8-12)19-13(20-16)10-21-11(2)3/h11-12H,4-10H2,1-3H3,(H,18,19,20). The summed E-state index contributed by atoms with van der Waals surface area (Å²) >= 11 is 4.35. The van der Waals surface area contributed by atoms with Gasteiger partial charge in [-0.25, -0.2) is 9.97 Å². The number of nitrogens with one attached hydrogen (secondary N) is 1. The second-order valence-corrected chi connectivity index (χ2v) is 8.60. The quantitative estimate of drug-likeness (QED) is 0.617. The summed E-state index contributed by atoms with van der Waals surface area (Å²) in [4.78, 5) is 9.68. The van der Waals surface area contributed by atoms with Crippen LogP contribution in [-0.2, 0) is 5.75 Å². The summed E-state index contributed by atoms with van der Waals surface area (Å²) in [5.74, 6) is 3.60. The Morgan fingerprint density at radius 3 is 2.62 bits per heavy atom. The van der Waals surface area contributed by atoms with E-state index in [9.17, 15) is 0 Å². The maximum absolute atomic E-state index is 4.92. The minimum Gasteiger partial charge on any atom is -0.369 e. The zero-order valence-electron chi connectivity index (χ0n) is 13.3. The van der Waals surface area contributed by atoms with Crippen molar-refractivity contribution in [3.05, 3.63) is 15.1 Å². The van der Waals surface area contributed by atoms with Crippen molar-refractivity contribution in [1.29, 1.82) is 0 Å². The molecule has 1 fully saturated rings. The Hall–Kier alpha value is -0.0400. The largest absolute Gasteiger partial charge is 0.369 e. The van der Waals surface area contributed by atoms with Gasteiger partial charge in [-0.1, -0.05) is 33.6 Å². The van der Waals surface area contributed by atoms with Crippen LogP contribution in [0.5, 0.6) is 0 Å². The van der Waals surface area contributed by atoms with E-state index in [0.717, 1.165) is 30.4 Å². The van der Waals surface area contributed by atoms with Crippen LogP contribution in [0.15, 0.2) is 0 Å². The van der Waals surface area contributed by atoms with Gasteiger partial charge in [0.05, 0.1) is 15.0 Å². The highest BCUT2D eigenvalue weighted by Gasteiger charge is 2.23. The van der Waals surface area contributed by atoms with Crippen LogP contribution in [0.25, 0.3) is 0 Å². The molecular formula is C16H26IN3S. The Morgan fingerprint density at radius 1 is 1.29 bits per heavy atom. The minimum atomic E-state index is 0.620. The van der Waals surface area contributed by atoms with Crippen LogP contribution in [0.3, 0.4) is 0 Å². The van der Waals surface area contributed by atoms with Crippen molar-refractivity contribution in [1.82, 2.24) is 9.97 Å². The first-order valence-corrected chi connectivity index (χ1v) is 10.2. The Kier molecular flexibility index (Phi) is 7.05. The number of rotatable bonds is 7. The lowest BCUT2D eigenvalue weighted by atomic mass is 10.0. The summed E-state index contributed by atoms with van der Waals surface area (Å²) in [7, 11) is 0. The van der Waals surface area contributed by atoms with Crippen molar-refractivity contribution in [2.75, 3.05) is 11.9 Å². The first-order chi connectivity index (χ1) is 10.1. The molecule has 118 valence electrons. The molecular weight excluding hydrogens is 393 g/mol. The van der Waals surface area contributed by atoms with Crippen LogP contribution in [0, 0.1) is 3.57 Å². The van der Waals surface area contributed by atoms with Gasteiger partial charge in [0.2, 0.25) is 0 Å². The second-order valence-electron chi connectivity index (χ2n) is 5.96. The summed E-state index contributed by atoms with van der Waals surface area (Å²) in [5.41, 5.74) is 1.29. The third-order valence-corrected chi connectivity index (χ3v) is 5.91. The Labute approximate surface area is 146 Å². The minimum absolute atomic E-state index is 0.620. The van der Waals surface area contributed by atoms with Crippen LogP contribution in [0.2, 0.25) is 0 Å². The average molecular weight is 419 g/mol. The third kappa shape index (κ3) is 4.98. The molecule has 1 heterocycles. The fourth-order valence-electron chi connectivity index (χ4n) is 2.65. The van der Waals surface area contributed by atoms with Gasteiger partial charge in [-0.2, -0.15) is 11.8 Å². The van der Waals surface area contributed by atoms with Crippen LogP contribution in [0.4, 0.5) is 5.82 Å². The summed E-state index contributed by atoms with van der Waals surface area (Å²) in [5, 5.41) is 4.11. The number of hydrogen-bond donors (Lipinski definition) is 1. The van der Waals surface area contributed by atoms with Crippen molar-refractivity contribution < 1.29 is 0 Å². The summed E-state index contributed by atoms with van der Waals surface area (Å²) in [6, 6.07) is 0. The SMILES string of the molecule is CCCNc1nc(CSC(C)C)nc(C2CCCC2)c1I. The molecule has 0 spiro atoms. The second kappa shape index (κ2) is 8.56. The van der Waals surface area contributed by atoms with E-state index in [2.05, 4.69) is 48.7 Å². The molecule has 2 rings (SSSR count). The van der Waals surface area contributed by atoms with Crippen molar-refractivity contribution in [2.45, 2.75) is 69.8 Å². The third-order valence-electron chi connectivity index (χ3n) is 3.75. The number of nitrogens with zero attached hydrogens (tertiary/aromatic N) is 2. The molecule has 21 heavy (non-hydrogen) atoms. The van der Waals surface area contributed by atoms with Gasteiger partial charge >= 0.3 is 0 Å². The molecule has 0 aliphatic heterocycles. The number of hydrogen-bond acceptors (Lipinski definition) is 4. The van der Waals surface area contributed by atoms with Gasteiger partial charge in [-0.15, -0.1) is 0 Å². The van der Waals surface area contributed by atoms with E-state index in [1.807, 2.05) is 11.8 Å². The van der Waals surface area contributed by atoms with Gasteiger partial charge in [-0.05, 0) is 47.1 Å². The molecule has 1 saturated carbocycles. The lowest BCUT2D eigenvalue weighted by Gasteiger charge is -2.16. The van der Waals surface area contributed by atoms with Crippen LogP contribution < -0.4 is 5.32 Å². The van der Waals surface area contributed by atoms with Gasteiger partial charge in [0, 0.05) is 12.5 Å². The first kappa shape index (κ1) is 17.3. The zero-order valence-corrected chi connectivity index (χ0v) is 16.3. The lowest BCUT2D eigenvalue weighted by Crippen LogP contribution is -2.12. The Balaban J connectivity index is 2.25. The van der Waals surface area contributed by atoms with E-state index in [4.69, 9.17) is 9.97 Å². The number of anilines is 1. The molecule has 0 aromatic carbocycles. The van der Waals surface area contributed by atoms with E-state index in [0.29, 0.717) is 11.2 Å². The summed E-state index contributed by atoms with van der Waals surface area (Å²) in [6.07, 6.45) is 6.39. The fourth-order valence-corrected chi connectivity index (χ4v) is 4.13. The fraction of sp³-hybridized carbons (Fsp3) is 0.750. The molecule has 1 aliphatic rings. The predicted octanol–water partition coefficient (Wildman–Crippen LogP) is 5.20. The highest BCUT2D eigenvalue weighted by atomic mass is 127. The molecule has 0 bridgehead atoms. The van der Waals surface area contributed by atoms with E-state index >= 15 is 0 Å². The molecule has 1 N–H and O–H groups in total. The van der Waals surface area contributed by atoms with Crippen LogP contribution in [0.1, 0.15) is 70.3 Å². The lowest BCUT2D eigenvalue weighted by molar-refractivity contribution is 0.683. The van der Waals surface area contributed by atoms with Gasteiger partial charge in [0.25, 0.3) is 0 Å². The monoisotopic (exact) mass is 419 g/mol. The van der Waals surface area contributed by atoms with E-state index in [1.54, 1.807) is 0 Å². The van der Waals surface area contributed by atoms with E-state index < -0.39 is 0 Å². The number of halogens is 1. The summed E-state index contributed by atoms with van der Waals surface area (Å²) in [6.45, 7) is 7.62. The molecule has 5 heteroatoms. The van der Waals surface area contributed by atoms with Crippen LogP contribution >= 0.6 is 34.4 Å². The number of aromatic nitrogens is 2.